The lowest BCUT2D eigenvalue weighted by molar-refractivity contribution is 0.131. The second-order valence-corrected chi connectivity index (χ2v) is 5.91. The zero-order chi connectivity index (χ0) is 14.2. The Balaban J connectivity index is 2.50. The van der Waals surface area contributed by atoms with Gasteiger partial charge in [-0.25, -0.2) is 0 Å². The fraction of sp³-hybridized carbons (Fsp3) is 0.500. The van der Waals surface area contributed by atoms with Crippen molar-refractivity contribution in [2.45, 2.75) is 32.4 Å². The Morgan fingerprint density at radius 3 is 2.47 bits per heavy atom. The van der Waals surface area contributed by atoms with Gasteiger partial charge in [0.05, 0.1) is 6.04 Å². The van der Waals surface area contributed by atoms with Gasteiger partial charge in [-0.15, -0.1) is 0 Å². The Morgan fingerprint density at radius 2 is 1.95 bits per heavy atom. The van der Waals surface area contributed by atoms with Crippen LogP contribution in [-0.4, -0.2) is 31.6 Å². The highest BCUT2D eigenvalue weighted by molar-refractivity contribution is 5.81. The molecule has 104 valence electrons. The lowest BCUT2D eigenvalue weighted by Crippen LogP contribution is -2.48. The summed E-state index contributed by atoms with van der Waals surface area (Å²) in [6.45, 7) is 6.52. The number of nitrogens with one attached hydrogen (secondary N) is 1. The van der Waals surface area contributed by atoms with Crippen LogP contribution in [0.25, 0.3) is 11.0 Å². The van der Waals surface area contributed by atoms with E-state index in [9.17, 15) is 0 Å². The number of nitrogens with zero attached hydrogens (tertiary/aromatic N) is 1. The van der Waals surface area contributed by atoms with Gasteiger partial charge in [0.25, 0.3) is 0 Å². The van der Waals surface area contributed by atoms with Crippen molar-refractivity contribution in [2.75, 3.05) is 21.1 Å². The van der Waals surface area contributed by atoms with E-state index >= 15 is 0 Å². The first-order valence-electron chi connectivity index (χ1n) is 6.71. The zero-order valence-electron chi connectivity index (χ0n) is 12.7. The summed E-state index contributed by atoms with van der Waals surface area (Å²) in [5.74, 6) is 0.991. The van der Waals surface area contributed by atoms with Crippen LogP contribution in [0.1, 0.15) is 31.2 Å². The number of hydrogen-bond donors (Lipinski definition) is 1. The standard InChI is InChI=1S/C16H24N2O/c1-11-8-7-9-12-10-13(19-14(11)12)15(17-4)16(2,3)18(5)6/h7-10,15,17H,1-6H3. The van der Waals surface area contributed by atoms with E-state index in [1.165, 1.54) is 10.9 Å². The number of likely N-dealkylation sites (N-methyl/N-ethyl adjacent to an activating group) is 2. The Hall–Kier alpha value is -1.32. The highest BCUT2D eigenvalue weighted by Crippen LogP contribution is 2.33. The molecule has 0 aliphatic rings. The number of furan rings is 1. The van der Waals surface area contributed by atoms with Crippen LogP contribution in [0.15, 0.2) is 28.7 Å². The van der Waals surface area contributed by atoms with Crippen LogP contribution in [0.2, 0.25) is 0 Å². The third-order valence-electron chi connectivity index (χ3n) is 4.19. The molecule has 1 heterocycles. The molecule has 0 aliphatic heterocycles. The van der Waals surface area contributed by atoms with Crippen molar-refractivity contribution in [2.24, 2.45) is 0 Å². The van der Waals surface area contributed by atoms with E-state index in [4.69, 9.17) is 4.42 Å². The second-order valence-electron chi connectivity index (χ2n) is 5.91. The number of hydrogen-bond acceptors (Lipinski definition) is 3. The van der Waals surface area contributed by atoms with Crippen LogP contribution in [0, 0.1) is 6.92 Å². The molecule has 19 heavy (non-hydrogen) atoms. The van der Waals surface area contributed by atoms with E-state index in [0.29, 0.717) is 0 Å². The summed E-state index contributed by atoms with van der Waals surface area (Å²) in [4.78, 5) is 2.22. The first-order valence-corrected chi connectivity index (χ1v) is 6.71. The lowest BCUT2D eigenvalue weighted by Gasteiger charge is -2.38. The van der Waals surface area contributed by atoms with E-state index in [-0.39, 0.29) is 11.6 Å². The Labute approximate surface area is 115 Å². The summed E-state index contributed by atoms with van der Waals surface area (Å²) >= 11 is 0. The van der Waals surface area contributed by atoms with E-state index < -0.39 is 0 Å². The summed E-state index contributed by atoms with van der Waals surface area (Å²) in [6, 6.07) is 8.55. The van der Waals surface area contributed by atoms with Gasteiger partial charge < -0.3 is 14.6 Å². The normalized spacial score (nSPS) is 14.3. The van der Waals surface area contributed by atoms with Gasteiger partial charge in [-0.3, -0.25) is 0 Å². The summed E-state index contributed by atoms with van der Waals surface area (Å²) in [7, 11) is 6.17. The number of fused-ring (bicyclic) bond motifs is 1. The van der Waals surface area contributed by atoms with Crippen molar-refractivity contribution in [3.8, 4) is 0 Å². The van der Waals surface area contributed by atoms with E-state index in [2.05, 4.69) is 69.3 Å². The molecule has 0 fully saturated rings. The summed E-state index contributed by atoms with van der Waals surface area (Å²) in [6.07, 6.45) is 0. The minimum Gasteiger partial charge on any atom is -0.459 e. The smallest absolute Gasteiger partial charge is 0.137 e. The minimum absolute atomic E-state index is 0.0312. The quantitative estimate of drug-likeness (QED) is 0.914. The van der Waals surface area contributed by atoms with Crippen molar-refractivity contribution in [3.63, 3.8) is 0 Å². The number of para-hydroxylation sites is 1. The van der Waals surface area contributed by atoms with E-state index in [1.54, 1.807) is 0 Å². The highest BCUT2D eigenvalue weighted by atomic mass is 16.3. The van der Waals surface area contributed by atoms with Crippen molar-refractivity contribution in [1.29, 1.82) is 0 Å². The first kappa shape index (κ1) is 14.1. The molecule has 2 rings (SSSR count). The van der Waals surface area contributed by atoms with Gasteiger partial charge >= 0.3 is 0 Å². The molecular weight excluding hydrogens is 236 g/mol. The molecule has 0 spiro atoms. The van der Waals surface area contributed by atoms with Crippen LogP contribution < -0.4 is 5.32 Å². The summed E-state index contributed by atoms with van der Waals surface area (Å²) in [5, 5.41) is 4.56. The molecule has 0 saturated heterocycles. The number of benzene rings is 1. The maximum atomic E-state index is 6.10. The molecule has 0 aliphatic carbocycles. The van der Waals surface area contributed by atoms with Gasteiger partial charge in [0.15, 0.2) is 0 Å². The molecule has 0 bridgehead atoms. The molecule has 0 saturated carbocycles. The number of aryl methyl sites for hydroxylation is 1. The molecular formula is C16H24N2O. The summed E-state index contributed by atoms with van der Waals surface area (Å²) < 4.78 is 6.10. The van der Waals surface area contributed by atoms with Crippen molar-refractivity contribution < 1.29 is 4.42 Å². The van der Waals surface area contributed by atoms with Crippen LogP contribution in [-0.2, 0) is 0 Å². The van der Waals surface area contributed by atoms with Crippen molar-refractivity contribution >= 4 is 11.0 Å². The maximum absolute atomic E-state index is 6.10. The topological polar surface area (TPSA) is 28.4 Å². The van der Waals surface area contributed by atoms with Crippen molar-refractivity contribution in [3.05, 3.63) is 35.6 Å². The highest BCUT2D eigenvalue weighted by Gasteiger charge is 2.34. The van der Waals surface area contributed by atoms with E-state index in [1.807, 2.05) is 7.05 Å². The van der Waals surface area contributed by atoms with Gasteiger partial charge in [-0.1, -0.05) is 18.2 Å². The maximum Gasteiger partial charge on any atom is 0.137 e. The van der Waals surface area contributed by atoms with Gasteiger partial charge in [0.2, 0.25) is 0 Å². The first-order chi connectivity index (χ1) is 8.87. The fourth-order valence-corrected chi connectivity index (χ4v) is 2.47. The van der Waals surface area contributed by atoms with Gasteiger partial charge in [0.1, 0.15) is 11.3 Å². The molecule has 3 heteroatoms. The van der Waals surface area contributed by atoms with Crippen LogP contribution in [0.5, 0.6) is 0 Å². The van der Waals surface area contributed by atoms with Crippen LogP contribution >= 0.6 is 0 Å². The lowest BCUT2D eigenvalue weighted by atomic mass is 9.91. The van der Waals surface area contributed by atoms with Gasteiger partial charge in [0, 0.05) is 10.9 Å². The van der Waals surface area contributed by atoms with Crippen LogP contribution in [0.3, 0.4) is 0 Å². The average molecular weight is 260 g/mol. The fourth-order valence-electron chi connectivity index (χ4n) is 2.47. The zero-order valence-corrected chi connectivity index (χ0v) is 12.7. The monoisotopic (exact) mass is 260 g/mol. The second kappa shape index (κ2) is 4.99. The molecule has 2 aromatic rings. The molecule has 1 atom stereocenters. The molecule has 0 radical (unpaired) electrons. The van der Waals surface area contributed by atoms with Gasteiger partial charge in [-0.2, -0.15) is 0 Å². The van der Waals surface area contributed by atoms with Crippen molar-refractivity contribution in [1.82, 2.24) is 10.2 Å². The molecule has 1 aromatic carbocycles. The number of rotatable bonds is 4. The molecule has 3 nitrogen and oxygen atoms in total. The molecule has 0 amide bonds. The molecule has 1 N–H and O–H groups in total. The molecule has 1 aromatic heterocycles. The van der Waals surface area contributed by atoms with E-state index in [0.717, 1.165) is 11.3 Å². The SMILES string of the molecule is CNC(c1cc2cccc(C)c2o1)C(C)(C)N(C)C. The van der Waals surface area contributed by atoms with Gasteiger partial charge in [-0.05, 0) is 53.5 Å². The Kier molecular flexibility index (Phi) is 3.70. The third-order valence-corrected chi connectivity index (χ3v) is 4.19. The third kappa shape index (κ3) is 2.40. The molecule has 1 unspecified atom stereocenters. The minimum atomic E-state index is -0.0312. The predicted molar refractivity (Wildman–Crippen MR) is 80.5 cm³/mol. The summed E-state index contributed by atoms with van der Waals surface area (Å²) in [5.41, 5.74) is 2.14. The predicted octanol–water partition coefficient (Wildman–Crippen LogP) is 3.34. The largest absolute Gasteiger partial charge is 0.459 e. The van der Waals surface area contributed by atoms with Crippen LogP contribution in [0.4, 0.5) is 0 Å². The average Bonchev–Trinajstić information content (AvgIpc) is 2.74. The Morgan fingerprint density at radius 1 is 1.26 bits per heavy atom. The Bertz CT molecular complexity index is 569.